The van der Waals surface area contributed by atoms with E-state index in [1.807, 2.05) is 6.92 Å². The molecule has 1 aliphatic rings. The molecule has 0 N–H and O–H groups in total. The minimum absolute atomic E-state index is 0.0751. The number of amides is 1. The van der Waals surface area contributed by atoms with Crippen LogP contribution in [0.15, 0.2) is 17.0 Å². The molecule has 6 nitrogen and oxygen atoms in total. The Labute approximate surface area is 144 Å². The van der Waals surface area contributed by atoms with Crippen molar-refractivity contribution in [3.05, 3.63) is 23.3 Å². The lowest BCUT2D eigenvalue weighted by Crippen LogP contribution is -2.37. The van der Waals surface area contributed by atoms with Crippen molar-refractivity contribution in [2.75, 3.05) is 33.3 Å². The summed E-state index contributed by atoms with van der Waals surface area (Å²) in [6.45, 7) is 7.21. The van der Waals surface area contributed by atoms with Gasteiger partial charge in [0.2, 0.25) is 15.9 Å². The van der Waals surface area contributed by atoms with Crippen LogP contribution in [0, 0.1) is 13.8 Å². The van der Waals surface area contributed by atoms with E-state index in [1.54, 1.807) is 38.0 Å². The Kier molecular flexibility index (Phi) is 5.87. The van der Waals surface area contributed by atoms with Gasteiger partial charge in [-0.1, -0.05) is 6.92 Å². The largest absolute Gasteiger partial charge is 0.497 e. The van der Waals surface area contributed by atoms with Crippen LogP contribution in [0.4, 0.5) is 0 Å². The quantitative estimate of drug-likeness (QED) is 0.829. The molecule has 1 fully saturated rings. The number of methoxy groups -OCH3 is 1. The van der Waals surface area contributed by atoms with Crippen LogP contribution in [0.3, 0.4) is 0 Å². The molecule has 0 saturated carbocycles. The van der Waals surface area contributed by atoms with Gasteiger partial charge in [-0.15, -0.1) is 0 Å². The fourth-order valence-corrected chi connectivity index (χ4v) is 5.05. The van der Waals surface area contributed by atoms with Crippen molar-refractivity contribution in [1.82, 2.24) is 9.21 Å². The Balaban J connectivity index is 2.29. The van der Waals surface area contributed by atoms with Crippen molar-refractivity contribution in [1.29, 1.82) is 0 Å². The van der Waals surface area contributed by atoms with E-state index in [4.69, 9.17) is 4.74 Å². The standard InChI is InChI=1S/C17H26N2O4S/c1-5-16(20)18-7-6-8-19(10-9-18)24(21,22)17-13(2)11-15(23-4)12-14(17)3/h11-12H,5-10H2,1-4H3. The van der Waals surface area contributed by atoms with Crippen molar-refractivity contribution in [2.45, 2.75) is 38.5 Å². The second kappa shape index (κ2) is 7.53. The van der Waals surface area contributed by atoms with Crippen LogP contribution < -0.4 is 4.74 Å². The molecule has 1 amide bonds. The molecule has 0 bridgehead atoms. The Hall–Kier alpha value is -1.60. The number of carbonyl (C=O) groups is 1. The second-order valence-electron chi connectivity index (χ2n) is 6.08. The van der Waals surface area contributed by atoms with Crippen LogP contribution in [0.25, 0.3) is 0 Å². The molecule has 0 radical (unpaired) electrons. The fourth-order valence-electron chi connectivity index (χ4n) is 3.17. The Bertz CT molecular complexity index is 692. The summed E-state index contributed by atoms with van der Waals surface area (Å²) in [5.41, 5.74) is 1.36. The Morgan fingerprint density at radius 2 is 1.75 bits per heavy atom. The molecule has 1 aromatic rings. The summed E-state index contributed by atoms with van der Waals surface area (Å²) in [5.74, 6) is 0.727. The SMILES string of the molecule is CCC(=O)N1CCCN(S(=O)(=O)c2c(C)cc(OC)cc2C)CC1. The Morgan fingerprint density at radius 3 is 2.29 bits per heavy atom. The summed E-state index contributed by atoms with van der Waals surface area (Å²) in [5, 5.41) is 0. The third-order valence-electron chi connectivity index (χ3n) is 4.38. The molecule has 134 valence electrons. The van der Waals surface area contributed by atoms with E-state index in [1.165, 1.54) is 4.31 Å². The predicted molar refractivity (Wildman–Crippen MR) is 92.7 cm³/mol. The van der Waals surface area contributed by atoms with Gasteiger partial charge >= 0.3 is 0 Å². The van der Waals surface area contributed by atoms with Crippen LogP contribution in [-0.2, 0) is 14.8 Å². The lowest BCUT2D eigenvalue weighted by molar-refractivity contribution is -0.130. The number of ether oxygens (including phenoxy) is 1. The van der Waals surface area contributed by atoms with Gasteiger partial charge < -0.3 is 9.64 Å². The van der Waals surface area contributed by atoms with Crippen LogP contribution in [-0.4, -0.2) is 56.8 Å². The minimum atomic E-state index is -3.59. The smallest absolute Gasteiger partial charge is 0.243 e. The van der Waals surface area contributed by atoms with Gasteiger partial charge in [-0.2, -0.15) is 4.31 Å². The van der Waals surface area contributed by atoms with E-state index in [0.29, 0.717) is 60.8 Å². The number of sulfonamides is 1. The number of carbonyl (C=O) groups excluding carboxylic acids is 1. The molecule has 24 heavy (non-hydrogen) atoms. The monoisotopic (exact) mass is 354 g/mol. The summed E-state index contributed by atoms with van der Waals surface area (Å²) in [4.78, 5) is 14.0. The predicted octanol–water partition coefficient (Wildman–Crippen LogP) is 1.95. The third-order valence-corrected chi connectivity index (χ3v) is 6.58. The molecule has 0 aliphatic carbocycles. The normalized spacial score (nSPS) is 16.8. The molecule has 0 spiro atoms. The van der Waals surface area contributed by atoms with E-state index in [-0.39, 0.29) is 5.91 Å². The van der Waals surface area contributed by atoms with Crippen LogP contribution in [0.2, 0.25) is 0 Å². The maximum atomic E-state index is 13.1. The molecule has 2 rings (SSSR count). The zero-order valence-electron chi connectivity index (χ0n) is 14.8. The van der Waals surface area contributed by atoms with Crippen molar-refractivity contribution < 1.29 is 17.9 Å². The van der Waals surface area contributed by atoms with Crippen LogP contribution >= 0.6 is 0 Å². The van der Waals surface area contributed by atoms with Crippen molar-refractivity contribution >= 4 is 15.9 Å². The van der Waals surface area contributed by atoms with E-state index >= 15 is 0 Å². The first-order valence-electron chi connectivity index (χ1n) is 8.24. The summed E-state index contributed by atoms with van der Waals surface area (Å²) in [6, 6.07) is 3.48. The number of hydrogen-bond acceptors (Lipinski definition) is 4. The first-order chi connectivity index (χ1) is 11.3. The van der Waals surface area contributed by atoms with Gasteiger partial charge in [0.1, 0.15) is 5.75 Å². The number of nitrogens with zero attached hydrogens (tertiary/aromatic N) is 2. The second-order valence-corrected chi connectivity index (χ2v) is 7.96. The van der Waals surface area contributed by atoms with Gasteiger partial charge in [0.15, 0.2) is 0 Å². The molecule has 1 saturated heterocycles. The molecule has 0 atom stereocenters. The number of aryl methyl sites for hydroxylation is 2. The van der Waals surface area contributed by atoms with Gasteiger partial charge in [0, 0.05) is 32.6 Å². The van der Waals surface area contributed by atoms with Gasteiger partial charge in [-0.05, 0) is 43.5 Å². The topological polar surface area (TPSA) is 66.9 Å². The summed E-state index contributed by atoms with van der Waals surface area (Å²) >= 11 is 0. The minimum Gasteiger partial charge on any atom is -0.497 e. The highest BCUT2D eigenvalue weighted by Gasteiger charge is 2.30. The van der Waals surface area contributed by atoms with Gasteiger partial charge in [0.25, 0.3) is 0 Å². The van der Waals surface area contributed by atoms with E-state index in [9.17, 15) is 13.2 Å². The van der Waals surface area contributed by atoms with Crippen molar-refractivity contribution in [2.24, 2.45) is 0 Å². The average molecular weight is 354 g/mol. The summed E-state index contributed by atoms with van der Waals surface area (Å²) < 4.78 is 32.9. The number of hydrogen-bond donors (Lipinski definition) is 0. The summed E-state index contributed by atoms with van der Waals surface area (Å²) in [7, 11) is -2.02. The van der Waals surface area contributed by atoms with E-state index in [2.05, 4.69) is 0 Å². The number of rotatable bonds is 4. The zero-order valence-corrected chi connectivity index (χ0v) is 15.6. The van der Waals surface area contributed by atoms with Gasteiger partial charge in [-0.3, -0.25) is 4.79 Å². The molecule has 1 heterocycles. The Morgan fingerprint density at radius 1 is 1.12 bits per heavy atom. The van der Waals surface area contributed by atoms with Crippen molar-refractivity contribution in [3.63, 3.8) is 0 Å². The molecule has 1 aromatic carbocycles. The molecular weight excluding hydrogens is 328 g/mol. The lowest BCUT2D eigenvalue weighted by Gasteiger charge is -2.23. The molecule has 0 aromatic heterocycles. The maximum absolute atomic E-state index is 13.1. The average Bonchev–Trinajstić information content (AvgIpc) is 2.79. The van der Waals surface area contributed by atoms with E-state index < -0.39 is 10.0 Å². The highest BCUT2D eigenvalue weighted by Crippen LogP contribution is 2.28. The molecule has 0 unspecified atom stereocenters. The third kappa shape index (κ3) is 3.72. The maximum Gasteiger partial charge on any atom is 0.243 e. The van der Waals surface area contributed by atoms with E-state index in [0.717, 1.165) is 0 Å². The number of benzene rings is 1. The highest BCUT2D eigenvalue weighted by molar-refractivity contribution is 7.89. The zero-order chi connectivity index (χ0) is 17.9. The highest BCUT2D eigenvalue weighted by atomic mass is 32.2. The fraction of sp³-hybridized carbons (Fsp3) is 0.588. The van der Waals surface area contributed by atoms with Crippen molar-refractivity contribution in [3.8, 4) is 5.75 Å². The molecule has 1 aliphatic heterocycles. The first-order valence-corrected chi connectivity index (χ1v) is 9.68. The first kappa shape index (κ1) is 18.7. The van der Waals surface area contributed by atoms with Crippen LogP contribution in [0.5, 0.6) is 5.75 Å². The van der Waals surface area contributed by atoms with Gasteiger partial charge in [-0.25, -0.2) is 8.42 Å². The van der Waals surface area contributed by atoms with Gasteiger partial charge in [0.05, 0.1) is 12.0 Å². The lowest BCUT2D eigenvalue weighted by atomic mass is 10.1. The summed E-state index contributed by atoms with van der Waals surface area (Å²) in [6.07, 6.45) is 1.10. The molecular formula is C17H26N2O4S. The molecule has 7 heteroatoms. The van der Waals surface area contributed by atoms with Crippen LogP contribution in [0.1, 0.15) is 30.9 Å².